The van der Waals surface area contributed by atoms with Gasteiger partial charge in [-0.25, -0.2) is 9.50 Å². The molecule has 0 aliphatic heterocycles. The van der Waals surface area contributed by atoms with Crippen LogP contribution in [0.25, 0.3) is 16.9 Å². The highest BCUT2D eigenvalue weighted by Gasteiger charge is 2.16. The fourth-order valence-corrected chi connectivity index (χ4v) is 2.83. The molecule has 0 radical (unpaired) electrons. The number of aliphatic hydroxyl groups is 1. The highest BCUT2D eigenvalue weighted by Crippen LogP contribution is 2.21. The fourth-order valence-electron chi connectivity index (χ4n) is 2.83. The molecule has 0 fully saturated rings. The van der Waals surface area contributed by atoms with E-state index in [1.807, 2.05) is 36.4 Å². The van der Waals surface area contributed by atoms with Gasteiger partial charge in [-0.1, -0.05) is 42.5 Å². The van der Waals surface area contributed by atoms with Crippen LogP contribution in [0.2, 0.25) is 0 Å². The minimum absolute atomic E-state index is 0.0809. The van der Waals surface area contributed by atoms with Gasteiger partial charge in [-0.15, -0.1) is 0 Å². The van der Waals surface area contributed by atoms with Gasteiger partial charge in [0.15, 0.2) is 5.65 Å². The Balaban J connectivity index is 1.70. The molecule has 0 spiro atoms. The number of benzene rings is 2. The zero-order valence-corrected chi connectivity index (χ0v) is 13.8. The van der Waals surface area contributed by atoms with Crippen LogP contribution in [0.5, 0.6) is 0 Å². The van der Waals surface area contributed by atoms with Crippen molar-refractivity contribution in [3.63, 3.8) is 0 Å². The predicted octanol–water partition coefficient (Wildman–Crippen LogP) is 3.14. The van der Waals surface area contributed by atoms with E-state index in [0.717, 1.165) is 16.8 Å². The van der Waals surface area contributed by atoms with Gasteiger partial charge >= 0.3 is 0 Å². The zero-order chi connectivity index (χ0) is 17.9. The lowest BCUT2D eigenvalue weighted by atomic mass is 10.1. The molecule has 6 nitrogen and oxygen atoms in total. The molecule has 0 unspecified atom stereocenters. The van der Waals surface area contributed by atoms with Crippen molar-refractivity contribution in [3.05, 3.63) is 84.2 Å². The van der Waals surface area contributed by atoms with E-state index in [2.05, 4.69) is 15.4 Å². The molecule has 2 aromatic heterocycles. The molecule has 0 atom stereocenters. The van der Waals surface area contributed by atoms with Crippen molar-refractivity contribution in [2.45, 2.75) is 6.61 Å². The third-order valence-corrected chi connectivity index (χ3v) is 4.08. The largest absolute Gasteiger partial charge is 0.392 e. The van der Waals surface area contributed by atoms with Crippen molar-refractivity contribution in [3.8, 4) is 11.3 Å². The number of hydrogen-bond donors (Lipinski definition) is 2. The number of hydrogen-bond acceptors (Lipinski definition) is 4. The first-order chi connectivity index (χ1) is 12.8. The lowest BCUT2D eigenvalue weighted by Gasteiger charge is -2.06. The topological polar surface area (TPSA) is 79.5 Å². The van der Waals surface area contributed by atoms with Gasteiger partial charge in [0.05, 0.1) is 18.5 Å². The molecule has 0 aliphatic carbocycles. The van der Waals surface area contributed by atoms with Gasteiger partial charge in [0.2, 0.25) is 0 Å². The summed E-state index contributed by atoms with van der Waals surface area (Å²) in [6.45, 7) is -0.0809. The van der Waals surface area contributed by atoms with Crippen molar-refractivity contribution in [2.75, 3.05) is 5.32 Å². The summed E-state index contributed by atoms with van der Waals surface area (Å²) in [4.78, 5) is 17.0. The average molecular weight is 344 g/mol. The molecule has 0 aliphatic rings. The maximum atomic E-state index is 12.7. The number of anilines is 1. The molecule has 128 valence electrons. The number of aliphatic hydroxyl groups excluding tert-OH is 1. The first-order valence-corrected chi connectivity index (χ1v) is 8.15. The van der Waals surface area contributed by atoms with Crippen LogP contribution >= 0.6 is 0 Å². The Hall–Kier alpha value is -3.51. The Morgan fingerprint density at radius 1 is 1.08 bits per heavy atom. The van der Waals surface area contributed by atoms with Crippen molar-refractivity contribution in [1.29, 1.82) is 0 Å². The van der Waals surface area contributed by atoms with Crippen LogP contribution in [0.15, 0.2) is 73.1 Å². The van der Waals surface area contributed by atoms with Crippen molar-refractivity contribution in [2.24, 2.45) is 0 Å². The first kappa shape index (κ1) is 16.0. The Morgan fingerprint density at radius 3 is 2.73 bits per heavy atom. The number of fused-ring (bicyclic) bond motifs is 1. The van der Waals surface area contributed by atoms with Gasteiger partial charge in [-0.05, 0) is 23.8 Å². The van der Waals surface area contributed by atoms with E-state index >= 15 is 0 Å². The van der Waals surface area contributed by atoms with Gasteiger partial charge in [0.25, 0.3) is 5.91 Å². The number of carbonyl (C=O) groups excluding carboxylic acids is 1. The second-order valence-corrected chi connectivity index (χ2v) is 5.80. The number of amides is 1. The fraction of sp³-hybridized carbons (Fsp3) is 0.0500. The molecule has 26 heavy (non-hydrogen) atoms. The van der Waals surface area contributed by atoms with E-state index in [4.69, 9.17) is 0 Å². The number of nitrogens with zero attached hydrogens (tertiary/aromatic N) is 3. The predicted molar refractivity (Wildman–Crippen MR) is 98.7 cm³/mol. The van der Waals surface area contributed by atoms with E-state index in [1.165, 1.54) is 6.20 Å². The molecular formula is C20H16N4O2. The minimum Gasteiger partial charge on any atom is -0.392 e. The van der Waals surface area contributed by atoms with E-state index in [0.29, 0.717) is 16.9 Å². The van der Waals surface area contributed by atoms with Gasteiger partial charge in [0.1, 0.15) is 5.56 Å². The SMILES string of the molecule is O=C(Nc1cccc(CO)c1)c1cnn2c(-c3ccccc3)ccnc12. The van der Waals surface area contributed by atoms with Crippen molar-refractivity contribution in [1.82, 2.24) is 14.6 Å². The van der Waals surface area contributed by atoms with Gasteiger partial charge in [-0.2, -0.15) is 5.10 Å². The van der Waals surface area contributed by atoms with Crippen LogP contribution in [-0.2, 0) is 6.61 Å². The maximum Gasteiger partial charge on any atom is 0.261 e. The molecule has 2 aromatic carbocycles. The highest BCUT2D eigenvalue weighted by atomic mass is 16.3. The van der Waals surface area contributed by atoms with Gasteiger partial charge in [0, 0.05) is 17.4 Å². The van der Waals surface area contributed by atoms with Crippen LogP contribution in [0.1, 0.15) is 15.9 Å². The standard InChI is InChI=1S/C20H16N4O2/c25-13-14-5-4-8-16(11-14)23-20(26)17-12-22-24-18(9-10-21-19(17)24)15-6-2-1-3-7-15/h1-12,25H,13H2,(H,23,26). The van der Waals surface area contributed by atoms with E-state index < -0.39 is 0 Å². The number of nitrogens with one attached hydrogen (secondary N) is 1. The summed E-state index contributed by atoms with van der Waals surface area (Å²) in [7, 11) is 0. The molecule has 0 saturated heterocycles. The summed E-state index contributed by atoms with van der Waals surface area (Å²) < 4.78 is 1.66. The molecule has 0 saturated carbocycles. The lowest BCUT2D eigenvalue weighted by Crippen LogP contribution is -2.12. The normalized spacial score (nSPS) is 10.8. The Bertz CT molecular complexity index is 1070. The minimum atomic E-state index is -0.298. The van der Waals surface area contributed by atoms with Crippen LogP contribution in [-0.4, -0.2) is 25.6 Å². The molecule has 2 N–H and O–H groups in total. The Kier molecular flexibility index (Phi) is 4.17. The summed E-state index contributed by atoms with van der Waals surface area (Å²) in [5, 5.41) is 16.4. The summed E-state index contributed by atoms with van der Waals surface area (Å²) in [6, 6.07) is 18.7. The molecule has 2 heterocycles. The lowest BCUT2D eigenvalue weighted by molar-refractivity contribution is 0.102. The van der Waals surface area contributed by atoms with Crippen LogP contribution in [0, 0.1) is 0 Å². The first-order valence-electron chi connectivity index (χ1n) is 8.15. The highest BCUT2D eigenvalue weighted by molar-refractivity contribution is 6.08. The average Bonchev–Trinajstić information content (AvgIpc) is 3.13. The molecule has 4 aromatic rings. The number of aromatic nitrogens is 3. The summed E-state index contributed by atoms with van der Waals surface area (Å²) in [6.07, 6.45) is 3.18. The molecule has 1 amide bonds. The summed E-state index contributed by atoms with van der Waals surface area (Å²) in [5.74, 6) is -0.298. The monoisotopic (exact) mass is 344 g/mol. The second-order valence-electron chi connectivity index (χ2n) is 5.80. The molecule has 0 bridgehead atoms. The van der Waals surface area contributed by atoms with Crippen molar-refractivity contribution >= 4 is 17.2 Å². The van der Waals surface area contributed by atoms with Crippen LogP contribution < -0.4 is 5.32 Å². The Morgan fingerprint density at radius 2 is 1.92 bits per heavy atom. The number of carbonyl (C=O) groups is 1. The zero-order valence-electron chi connectivity index (χ0n) is 13.8. The number of rotatable bonds is 4. The second kappa shape index (κ2) is 6.78. The quantitative estimate of drug-likeness (QED) is 0.596. The maximum absolute atomic E-state index is 12.7. The molecule has 4 rings (SSSR count). The van der Waals surface area contributed by atoms with Crippen LogP contribution in [0.3, 0.4) is 0 Å². The Labute approximate surface area is 149 Å². The van der Waals surface area contributed by atoms with Gasteiger partial charge < -0.3 is 10.4 Å². The van der Waals surface area contributed by atoms with Gasteiger partial charge in [-0.3, -0.25) is 4.79 Å². The van der Waals surface area contributed by atoms with E-state index in [1.54, 1.807) is 35.0 Å². The summed E-state index contributed by atoms with van der Waals surface area (Å²) >= 11 is 0. The molecule has 6 heteroatoms. The van der Waals surface area contributed by atoms with E-state index in [9.17, 15) is 9.90 Å². The van der Waals surface area contributed by atoms with Crippen LogP contribution in [0.4, 0.5) is 5.69 Å². The van der Waals surface area contributed by atoms with E-state index in [-0.39, 0.29) is 12.5 Å². The molecular weight excluding hydrogens is 328 g/mol. The third-order valence-electron chi connectivity index (χ3n) is 4.08. The third kappa shape index (κ3) is 2.94. The smallest absolute Gasteiger partial charge is 0.261 e. The summed E-state index contributed by atoms with van der Waals surface area (Å²) in [5.41, 5.74) is 4.06. The van der Waals surface area contributed by atoms with Crippen molar-refractivity contribution < 1.29 is 9.90 Å².